The van der Waals surface area contributed by atoms with Crippen molar-refractivity contribution in [2.45, 2.75) is 12.3 Å². The summed E-state index contributed by atoms with van der Waals surface area (Å²) < 4.78 is 5.07. The third-order valence-corrected chi connectivity index (χ3v) is 2.53. The van der Waals surface area contributed by atoms with Gasteiger partial charge in [0, 0.05) is 25.1 Å². The van der Waals surface area contributed by atoms with Gasteiger partial charge in [-0.25, -0.2) is 0 Å². The lowest BCUT2D eigenvalue weighted by Crippen LogP contribution is -2.26. The van der Waals surface area contributed by atoms with Gasteiger partial charge < -0.3 is 9.42 Å². The molecule has 1 aliphatic rings. The van der Waals surface area contributed by atoms with E-state index in [0.717, 1.165) is 18.7 Å². The van der Waals surface area contributed by atoms with Crippen LogP contribution in [0.4, 0.5) is 0 Å². The van der Waals surface area contributed by atoms with Crippen molar-refractivity contribution in [2.24, 2.45) is 0 Å². The molecular formula is C10H12N2O2. The van der Waals surface area contributed by atoms with E-state index in [-0.39, 0.29) is 5.91 Å². The Labute approximate surface area is 82.2 Å². The molecule has 2 rings (SSSR count). The van der Waals surface area contributed by atoms with Crippen LogP contribution in [-0.4, -0.2) is 29.1 Å². The molecule has 2 heterocycles. The molecule has 4 nitrogen and oxygen atoms in total. The third-order valence-electron chi connectivity index (χ3n) is 2.53. The first-order valence-corrected chi connectivity index (χ1v) is 4.63. The van der Waals surface area contributed by atoms with Crippen molar-refractivity contribution in [1.29, 1.82) is 0 Å². The number of amides is 1. The van der Waals surface area contributed by atoms with Crippen molar-refractivity contribution in [3.8, 4) is 0 Å². The molecule has 1 aromatic rings. The van der Waals surface area contributed by atoms with Crippen LogP contribution in [0.15, 0.2) is 29.4 Å². The molecule has 74 valence electrons. The minimum absolute atomic E-state index is 0.00739. The molecule has 1 fully saturated rings. The van der Waals surface area contributed by atoms with Crippen LogP contribution < -0.4 is 0 Å². The molecule has 0 aliphatic carbocycles. The van der Waals surface area contributed by atoms with E-state index in [2.05, 4.69) is 11.7 Å². The van der Waals surface area contributed by atoms with E-state index in [4.69, 9.17) is 4.52 Å². The van der Waals surface area contributed by atoms with E-state index in [9.17, 15) is 4.79 Å². The molecule has 14 heavy (non-hydrogen) atoms. The first-order chi connectivity index (χ1) is 6.81. The molecule has 1 amide bonds. The predicted molar refractivity (Wildman–Crippen MR) is 50.6 cm³/mol. The third kappa shape index (κ3) is 1.55. The smallest absolute Gasteiger partial charge is 0.245 e. The first kappa shape index (κ1) is 8.99. The molecule has 0 radical (unpaired) electrons. The average molecular weight is 192 g/mol. The Kier molecular flexibility index (Phi) is 2.35. The number of hydrogen-bond donors (Lipinski definition) is 0. The summed E-state index contributed by atoms with van der Waals surface area (Å²) in [4.78, 5) is 13.1. The number of carbonyl (C=O) groups excluding carboxylic acids is 1. The fourth-order valence-corrected chi connectivity index (χ4v) is 1.76. The highest BCUT2D eigenvalue weighted by Gasteiger charge is 2.27. The summed E-state index contributed by atoms with van der Waals surface area (Å²) >= 11 is 0. The van der Waals surface area contributed by atoms with Crippen molar-refractivity contribution in [1.82, 2.24) is 10.1 Å². The zero-order valence-electron chi connectivity index (χ0n) is 7.85. The minimum Gasteiger partial charge on any atom is -0.361 e. The van der Waals surface area contributed by atoms with Gasteiger partial charge in [0.25, 0.3) is 0 Å². The number of carbonyl (C=O) groups is 1. The maximum atomic E-state index is 11.3. The summed E-state index contributed by atoms with van der Waals surface area (Å²) in [7, 11) is 0. The van der Waals surface area contributed by atoms with Gasteiger partial charge in [-0.05, 0) is 12.5 Å². The highest BCUT2D eigenvalue weighted by molar-refractivity contribution is 5.87. The number of likely N-dealkylation sites (tertiary alicyclic amines) is 1. The predicted octanol–water partition coefficient (Wildman–Crippen LogP) is 1.18. The van der Waals surface area contributed by atoms with Crippen LogP contribution in [0.1, 0.15) is 18.1 Å². The molecule has 1 unspecified atom stereocenters. The quantitative estimate of drug-likeness (QED) is 0.661. The molecular weight excluding hydrogens is 180 g/mol. The number of rotatable bonds is 2. The Morgan fingerprint density at radius 2 is 2.64 bits per heavy atom. The van der Waals surface area contributed by atoms with Gasteiger partial charge in [0.05, 0.1) is 6.20 Å². The standard InChI is InChI=1S/C10H12N2O2/c1-2-10(13)12-6-4-8(7-12)9-3-5-11-14-9/h2-3,5,8H,1,4,6-7H2. The maximum Gasteiger partial charge on any atom is 0.245 e. The monoisotopic (exact) mass is 192 g/mol. The highest BCUT2D eigenvalue weighted by atomic mass is 16.5. The second-order valence-corrected chi connectivity index (χ2v) is 3.39. The molecule has 0 saturated carbocycles. The van der Waals surface area contributed by atoms with Crippen molar-refractivity contribution >= 4 is 5.91 Å². The number of aromatic nitrogens is 1. The second kappa shape index (κ2) is 3.65. The van der Waals surface area contributed by atoms with Crippen molar-refractivity contribution < 1.29 is 9.32 Å². The van der Waals surface area contributed by atoms with Gasteiger partial charge in [-0.15, -0.1) is 0 Å². The van der Waals surface area contributed by atoms with Crippen LogP contribution in [0, 0.1) is 0 Å². The second-order valence-electron chi connectivity index (χ2n) is 3.39. The Morgan fingerprint density at radius 3 is 3.29 bits per heavy atom. The van der Waals surface area contributed by atoms with Gasteiger partial charge >= 0.3 is 0 Å². The van der Waals surface area contributed by atoms with E-state index in [0.29, 0.717) is 12.5 Å². The summed E-state index contributed by atoms with van der Waals surface area (Å²) in [6, 6.07) is 1.85. The minimum atomic E-state index is -0.00739. The molecule has 1 aromatic heterocycles. The van der Waals surface area contributed by atoms with E-state index < -0.39 is 0 Å². The van der Waals surface area contributed by atoms with Gasteiger partial charge in [0.1, 0.15) is 5.76 Å². The van der Waals surface area contributed by atoms with Crippen molar-refractivity contribution in [3.63, 3.8) is 0 Å². The zero-order chi connectivity index (χ0) is 9.97. The SMILES string of the molecule is C=CC(=O)N1CCC(c2ccno2)C1. The molecule has 0 aromatic carbocycles. The molecule has 1 saturated heterocycles. The summed E-state index contributed by atoms with van der Waals surface area (Å²) in [5, 5.41) is 3.66. The lowest BCUT2D eigenvalue weighted by Gasteiger charge is -2.12. The van der Waals surface area contributed by atoms with Gasteiger partial charge in [-0.2, -0.15) is 0 Å². The maximum absolute atomic E-state index is 11.3. The largest absolute Gasteiger partial charge is 0.361 e. The van der Waals surface area contributed by atoms with Gasteiger partial charge in [0.2, 0.25) is 5.91 Å². The van der Waals surface area contributed by atoms with Gasteiger partial charge in [-0.1, -0.05) is 11.7 Å². The molecule has 4 heteroatoms. The lowest BCUT2D eigenvalue weighted by molar-refractivity contribution is -0.125. The van der Waals surface area contributed by atoms with E-state index in [1.807, 2.05) is 6.07 Å². The van der Waals surface area contributed by atoms with Crippen LogP contribution in [0.3, 0.4) is 0 Å². The average Bonchev–Trinajstić information content (AvgIpc) is 2.86. The number of hydrogen-bond acceptors (Lipinski definition) is 3. The van der Waals surface area contributed by atoms with Crippen molar-refractivity contribution in [2.75, 3.05) is 13.1 Å². The summed E-state index contributed by atoms with van der Waals surface area (Å²) in [6.45, 7) is 4.95. The van der Waals surface area contributed by atoms with Crippen LogP contribution >= 0.6 is 0 Å². The van der Waals surface area contributed by atoms with Crippen LogP contribution in [0.2, 0.25) is 0 Å². The van der Waals surface area contributed by atoms with E-state index >= 15 is 0 Å². The number of nitrogens with zero attached hydrogens (tertiary/aromatic N) is 2. The molecule has 1 atom stereocenters. The fourth-order valence-electron chi connectivity index (χ4n) is 1.76. The summed E-state index contributed by atoms with van der Waals surface area (Å²) in [5.41, 5.74) is 0. The molecule has 0 bridgehead atoms. The van der Waals surface area contributed by atoms with Gasteiger partial charge in [0.15, 0.2) is 0 Å². The Balaban J connectivity index is 2.02. The van der Waals surface area contributed by atoms with Crippen LogP contribution in [0.25, 0.3) is 0 Å². The normalized spacial score (nSPS) is 21.1. The van der Waals surface area contributed by atoms with Crippen LogP contribution in [-0.2, 0) is 4.79 Å². The summed E-state index contributed by atoms with van der Waals surface area (Å²) in [5.74, 6) is 1.15. The van der Waals surface area contributed by atoms with E-state index in [1.54, 1.807) is 11.1 Å². The molecule has 0 spiro atoms. The fraction of sp³-hybridized carbons (Fsp3) is 0.400. The van der Waals surface area contributed by atoms with Crippen molar-refractivity contribution in [3.05, 3.63) is 30.7 Å². The topological polar surface area (TPSA) is 46.3 Å². The molecule has 0 N–H and O–H groups in total. The molecule has 1 aliphatic heterocycles. The highest BCUT2D eigenvalue weighted by Crippen LogP contribution is 2.26. The first-order valence-electron chi connectivity index (χ1n) is 4.63. The Bertz CT molecular complexity index is 332. The lowest BCUT2D eigenvalue weighted by atomic mass is 10.1. The zero-order valence-corrected chi connectivity index (χ0v) is 7.85. The van der Waals surface area contributed by atoms with E-state index in [1.165, 1.54) is 6.08 Å². The Morgan fingerprint density at radius 1 is 1.79 bits per heavy atom. The van der Waals surface area contributed by atoms with Crippen LogP contribution in [0.5, 0.6) is 0 Å². The van der Waals surface area contributed by atoms with Gasteiger partial charge in [-0.3, -0.25) is 4.79 Å². The summed E-state index contributed by atoms with van der Waals surface area (Å²) in [6.07, 6.45) is 3.92. The Hall–Kier alpha value is -1.58.